The van der Waals surface area contributed by atoms with E-state index in [9.17, 15) is 17.2 Å². The van der Waals surface area contributed by atoms with Crippen LogP contribution in [0.1, 0.15) is 26.2 Å². The van der Waals surface area contributed by atoms with Crippen molar-refractivity contribution in [2.75, 3.05) is 32.7 Å². The molecule has 1 atom stereocenters. The average Bonchev–Trinajstić information content (AvgIpc) is 2.37. The van der Waals surface area contributed by atoms with Gasteiger partial charge in [0.25, 0.3) is 16.6 Å². The molecule has 8 heteroatoms. The first-order valence-corrected chi connectivity index (χ1v) is 8.13. The zero-order valence-electron chi connectivity index (χ0n) is 11.2. The summed E-state index contributed by atoms with van der Waals surface area (Å²) in [6, 6.07) is 0. The fourth-order valence-corrected chi connectivity index (χ4v) is 3.45. The zero-order chi connectivity index (χ0) is 14.3. The molecule has 5 nitrogen and oxygen atoms in total. The Labute approximate surface area is 113 Å². The number of nitrogens with zero attached hydrogens (tertiary/aromatic N) is 1. The molecule has 2 N–H and O–H groups in total. The van der Waals surface area contributed by atoms with Crippen LogP contribution >= 0.6 is 0 Å². The summed E-state index contributed by atoms with van der Waals surface area (Å²) < 4.78 is 51.0. The normalized spacial score (nSPS) is 22.0. The predicted molar refractivity (Wildman–Crippen MR) is 70.4 cm³/mol. The van der Waals surface area contributed by atoms with Crippen molar-refractivity contribution in [1.29, 1.82) is 0 Å². The second kappa shape index (κ2) is 8.08. The molecule has 1 heterocycles. The quantitative estimate of drug-likeness (QED) is 0.652. The van der Waals surface area contributed by atoms with Gasteiger partial charge in [0.05, 0.1) is 6.54 Å². The fourth-order valence-electron chi connectivity index (χ4n) is 2.15. The largest absolute Gasteiger partial charge is 0.316 e. The lowest BCUT2D eigenvalue weighted by atomic mass is 10.00. The lowest BCUT2D eigenvalue weighted by Gasteiger charge is -2.32. The summed E-state index contributed by atoms with van der Waals surface area (Å²) in [5, 5.41) is 3.27. The molecule has 1 aliphatic rings. The van der Waals surface area contributed by atoms with Gasteiger partial charge in [-0.15, -0.1) is 0 Å². The van der Waals surface area contributed by atoms with Crippen LogP contribution < -0.4 is 10.0 Å². The third-order valence-electron chi connectivity index (χ3n) is 3.10. The van der Waals surface area contributed by atoms with E-state index in [0.29, 0.717) is 13.1 Å². The number of alkyl halides is 2. The first kappa shape index (κ1) is 16.7. The first-order valence-electron chi connectivity index (χ1n) is 6.69. The highest BCUT2D eigenvalue weighted by Crippen LogP contribution is 2.18. The lowest BCUT2D eigenvalue weighted by Crippen LogP contribution is -2.48. The number of hydrogen-bond acceptors (Lipinski definition) is 3. The van der Waals surface area contributed by atoms with Crippen molar-refractivity contribution >= 4 is 10.2 Å². The van der Waals surface area contributed by atoms with Gasteiger partial charge in [-0.2, -0.15) is 17.4 Å². The third kappa shape index (κ3) is 6.11. The summed E-state index contributed by atoms with van der Waals surface area (Å²) in [7, 11) is -3.77. The second-order valence-corrected chi connectivity index (χ2v) is 6.57. The lowest BCUT2D eigenvalue weighted by molar-refractivity contribution is 0.151. The van der Waals surface area contributed by atoms with E-state index in [1.54, 1.807) is 0 Å². The maximum Gasteiger partial charge on any atom is 0.279 e. The molecule has 0 aliphatic carbocycles. The van der Waals surface area contributed by atoms with Crippen LogP contribution in [0.3, 0.4) is 0 Å². The van der Waals surface area contributed by atoms with Crippen molar-refractivity contribution in [2.24, 2.45) is 5.92 Å². The van der Waals surface area contributed by atoms with Gasteiger partial charge >= 0.3 is 0 Å². The number of piperidine rings is 1. The van der Waals surface area contributed by atoms with Gasteiger partial charge in [0, 0.05) is 13.1 Å². The van der Waals surface area contributed by atoms with Gasteiger partial charge in [0.2, 0.25) is 0 Å². The molecule has 1 rings (SSSR count). The fraction of sp³-hybridized carbons (Fsp3) is 1.00. The van der Waals surface area contributed by atoms with Crippen LogP contribution in [0.25, 0.3) is 0 Å². The summed E-state index contributed by atoms with van der Waals surface area (Å²) >= 11 is 0. The van der Waals surface area contributed by atoms with E-state index >= 15 is 0 Å². The van der Waals surface area contributed by atoms with Crippen molar-refractivity contribution in [3.05, 3.63) is 0 Å². The monoisotopic (exact) mass is 299 g/mol. The van der Waals surface area contributed by atoms with Crippen LogP contribution in [-0.2, 0) is 10.2 Å². The van der Waals surface area contributed by atoms with Gasteiger partial charge in [-0.25, -0.2) is 8.78 Å². The first-order chi connectivity index (χ1) is 8.95. The van der Waals surface area contributed by atoms with Gasteiger partial charge in [-0.05, 0) is 38.3 Å². The minimum atomic E-state index is -3.77. The zero-order valence-corrected chi connectivity index (χ0v) is 12.1. The molecule has 1 aliphatic heterocycles. The van der Waals surface area contributed by atoms with Gasteiger partial charge in [-0.1, -0.05) is 6.92 Å². The van der Waals surface area contributed by atoms with Crippen LogP contribution in [0.4, 0.5) is 8.78 Å². The Hall–Kier alpha value is -0.310. The number of hydrogen-bond donors (Lipinski definition) is 2. The third-order valence-corrected chi connectivity index (χ3v) is 4.64. The molecule has 0 radical (unpaired) electrons. The van der Waals surface area contributed by atoms with E-state index in [2.05, 4.69) is 12.2 Å². The molecule has 0 bridgehead atoms. The van der Waals surface area contributed by atoms with Gasteiger partial charge in [0.15, 0.2) is 0 Å². The van der Waals surface area contributed by atoms with E-state index in [1.807, 2.05) is 4.72 Å². The summed E-state index contributed by atoms with van der Waals surface area (Å²) in [5.41, 5.74) is 0. The van der Waals surface area contributed by atoms with Crippen LogP contribution in [0.2, 0.25) is 0 Å². The van der Waals surface area contributed by atoms with E-state index < -0.39 is 23.2 Å². The summed E-state index contributed by atoms with van der Waals surface area (Å²) in [6.45, 7) is 3.73. The van der Waals surface area contributed by atoms with Crippen LogP contribution in [0.5, 0.6) is 0 Å². The summed E-state index contributed by atoms with van der Waals surface area (Å²) in [6.07, 6.45) is 0.109. The minimum Gasteiger partial charge on any atom is -0.316 e. The Bertz CT molecular complexity index is 352. The highest BCUT2D eigenvalue weighted by molar-refractivity contribution is 7.87. The van der Waals surface area contributed by atoms with Crippen molar-refractivity contribution < 1.29 is 17.2 Å². The predicted octanol–water partition coefficient (Wildman–Crippen LogP) is 0.798. The van der Waals surface area contributed by atoms with Gasteiger partial charge in [0.1, 0.15) is 0 Å². The molecule has 0 aromatic rings. The Morgan fingerprint density at radius 3 is 2.79 bits per heavy atom. The van der Waals surface area contributed by atoms with Crippen molar-refractivity contribution in [1.82, 2.24) is 14.3 Å². The Balaban J connectivity index is 2.44. The molecule has 1 fully saturated rings. The Morgan fingerprint density at radius 2 is 2.16 bits per heavy atom. The molecule has 0 aromatic heterocycles. The summed E-state index contributed by atoms with van der Waals surface area (Å²) in [4.78, 5) is 0. The topological polar surface area (TPSA) is 61.4 Å². The van der Waals surface area contributed by atoms with Crippen molar-refractivity contribution in [2.45, 2.75) is 32.6 Å². The van der Waals surface area contributed by atoms with Crippen LogP contribution in [0.15, 0.2) is 0 Å². The maximum atomic E-state index is 12.1. The molecule has 0 aromatic carbocycles. The highest BCUT2D eigenvalue weighted by atomic mass is 32.2. The van der Waals surface area contributed by atoms with Gasteiger partial charge < -0.3 is 5.32 Å². The van der Waals surface area contributed by atoms with Gasteiger partial charge in [-0.3, -0.25) is 0 Å². The van der Waals surface area contributed by atoms with Crippen LogP contribution in [0, 0.1) is 5.92 Å². The second-order valence-electron chi connectivity index (χ2n) is 4.81. The maximum absolute atomic E-state index is 12.1. The van der Waals surface area contributed by atoms with Crippen molar-refractivity contribution in [3.8, 4) is 0 Å². The molecule has 0 spiro atoms. The number of halogens is 2. The number of nitrogens with one attached hydrogen (secondary N) is 2. The molecule has 1 saturated heterocycles. The van der Waals surface area contributed by atoms with E-state index in [4.69, 9.17) is 0 Å². The molecular formula is C11H23F2N3O2S. The molecular weight excluding hydrogens is 276 g/mol. The summed E-state index contributed by atoms with van der Waals surface area (Å²) in [5.74, 6) is 0.253. The van der Waals surface area contributed by atoms with Crippen LogP contribution in [-0.4, -0.2) is 51.9 Å². The smallest absolute Gasteiger partial charge is 0.279 e. The number of rotatable bonds is 8. The molecule has 114 valence electrons. The molecule has 0 saturated carbocycles. The molecule has 0 amide bonds. The van der Waals surface area contributed by atoms with E-state index in [0.717, 1.165) is 32.4 Å². The van der Waals surface area contributed by atoms with E-state index in [-0.39, 0.29) is 5.92 Å². The highest BCUT2D eigenvalue weighted by Gasteiger charge is 2.28. The average molecular weight is 299 g/mol. The SMILES string of the molecule is CCCNCC1CCCN(S(=O)(=O)NCC(F)F)C1. The standard InChI is InChI=1S/C11H23F2N3O2S/c1-2-5-14-7-10-4-3-6-16(9-10)19(17,18)15-8-11(12)13/h10-11,14-15H,2-9H2,1H3. The van der Waals surface area contributed by atoms with E-state index in [1.165, 1.54) is 4.31 Å². The molecule has 19 heavy (non-hydrogen) atoms. The Kier molecular flexibility index (Phi) is 7.12. The minimum absolute atomic E-state index is 0.253. The van der Waals surface area contributed by atoms with Crippen molar-refractivity contribution in [3.63, 3.8) is 0 Å². The molecule has 1 unspecified atom stereocenters. The Morgan fingerprint density at radius 1 is 1.42 bits per heavy atom.